The van der Waals surface area contributed by atoms with Crippen molar-refractivity contribution in [2.75, 3.05) is 13.2 Å². The molecule has 2 bridgehead atoms. The average Bonchev–Trinajstić information content (AvgIpc) is 3.55. The van der Waals surface area contributed by atoms with Gasteiger partial charge in [-0.3, -0.25) is 14.4 Å². The summed E-state index contributed by atoms with van der Waals surface area (Å²) < 4.78 is 8.30. The minimum absolute atomic E-state index is 0.0509. The molecule has 0 radical (unpaired) electrons. The number of hydrogen-bond donors (Lipinski definition) is 3. The molecule has 11 heteroatoms. The standard InChI is InChI=1S/C27H38N6O5/c1-6-11-28-23(35)20-21-25(37)33(19(13-34)15(2)3)22(27(21)12-16(4)26(20,5)38-27)24(36)29-14-32-18-10-8-7-9-17(18)30-31-32/h7-10,15-16,19-22,34H,6,11-14H2,1-5H3,(H,28,35)(H,29,36)/t16?,19-,20+,21-,22?,26-,27?/m0/s1. The van der Waals surface area contributed by atoms with Gasteiger partial charge in [-0.1, -0.05) is 45.0 Å². The number of aromatic nitrogens is 3. The van der Waals surface area contributed by atoms with E-state index in [0.29, 0.717) is 18.5 Å². The van der Waals surface area contributed by atoms with Gasteiger partial charge in [0.1, 0.15) is 23.8 Å². The lowest BCUT2D eigenvalue weighted by molar-refractivity contribution is -0.152. The molecule has 3 saturated heterocycles. The number of nitrogens with one attached hydrogen (secondary N) is 2. The van der Waals surface area contributed by atoms with Crippen molar-refractivity contribution in [3.8, 4) is 0 Å². The smallest absolute Gasteiger partial charge is 0.247 e. The topological polar surface area (TPSA) is 139 Å². The molecule has 5 rings (SSSR count). The SMILES string of the molecule is CCCNC(=O)[C@H]1[C@H]2C(=O)N([C@@H](CO)C(C)C)C(C(=O)NCn3nnc4ccccc43)C23CC(C)[C@]1(C)O3. The first-order valence-corrected chi connectivity index (χ1v) is 13.6. The molecular weight excluding hydrogens is 488 g/mol. The minimum atomic E-state index is -1.17. The Morgan fingerprint density at radius 2 is 1.97 bits per heavy atom. The van der Waals surface area contributed by atoms with Crippen LogP contribution in [-0.2, 0) is 25.8 Å². The van der Waals surface area contributed by atoms with Crippen LogP contribution in [0.2, 0.25) is 0 Å². The van der Waals surface area contributed by atoms with Crippen LogP contribution in [0.4, 0.5) is 0 Å². The van der Waals surface area contributed by atoms with Crippen molar-refractivity contribution in [1.82, 2.24) is 30.5 Å². The number of aliphatic hydroxyl groups is 1. The van der Waals surface area contributed by atoms with Gasteiger partial charge in [0.15, 0.2) is 0 Å². The molecule has 1 spiro atoms. The lowest BCUT2D eigenvalue weighted by Crippen LogP contribution is -2.59. The fourth-order valence-electron chi connectivity index (χ4n) is 7.00. The molecule has 0 aliphatic carbocycles. The number of para-hydroxylation sites is 1. The molecule has 1 aromatic carbocycles. The predicted molar refractivity (Wildman–Crippen MR) is 138 cm³/mol. The van der Waals surface area contributed by atoms with Gasteiger partial charge in [0.25, 0.3) is 0 Å². The van der Waals surface area contributed by atoms with Gasteiger partial charge in [0.2, 0.25) is 17.7 Å². The third kappa shape index (κ3) is 3.73. The minimum Gasteiger partial charge on any atom is -0.394 e. The third-order valence-corrected chi connectivity index (χ3v) is 8.97. The van der Waals surface area contributed by atoms with Crippen molar-refractivity contribution in [2.45, 2.75) is 77.4 Å². The maximum atomic E-state index is 14.2. The van der Waals surface area contributed by atoms with E-state index in [4.69, 9.17) is 4.74 Å². The van der Waals surface area contributed by atoms with Crippen molar-refractivity contribution in [1.29, 1.82) is 0 Å². The highest BCUT2D eigenvalue weighted by molar-refractivity contribution is 5.99. The number of amides is 3. The lowest BCUT2D eigenvalue weighted by Gasteiger charge is -2.38. The second kappa shape index (κ2) is 9.60. The first-order chi connectivity index (χ1) is 18.1. The number of carbonyl (C=O) groups excluding carboxylic acids is 3. The van der Waals surface area contributed by atoms with E-state index in [2.05, 4.69) is 20.9 Å². The molecule has 38 heavy (non-hydrogen) atoms. The highest BCUT2D eigenvalue weighted by atomic mass is 16.5. The molecule has 4 heterocycles. The van der Waals surface area contributed by atoms with E-state index in [-0.39, 0.29) is 36.9 Å². The predicted octanol–water partition coefficient (Wildman–Crippen LogP) is 1.06. The van der Waals surface area contributed by atoms with Crippen LogP contribution in [0.15, 0.2) is 24.3 Å². The Hall–Kier alpha value is -3.05. The van der Waals surface area contributed by atoms with Crippen LogP contribution >= 0.6 is 0 Å². The van der Waals surface area contributed by atoms with E-state index in [1.54, 1.807) is 4.68 Å². The number of hydrogen-bond acceptors (Lipinski definition) is 7. The molecule has 7 atom stereocenters. The largest absolute Gasteiger partial charge is 0.394 e. The highest BCUT2D eigenvalue weighted by Gasteiger charge is 2.80. The number of carbonyl (C=O) groups is 3. The van der Waals surface area contributed by atoms with Crippen LogP contribution in [0.3, 0.4) is 0 Å². The van der Waals surface area contributed by atoms with Gasteiger partial charge in [-0.25, -0.2) is 4.68 Å². The maximum Gasteiger partial charge on any atom is 0.247 e. The van der Waals surface area contributed by atoms with E-state index in [0.717, 1.165) is 11.9 Å². The summed E-state index contributed by atoms with van der Waals surface area (Å²) in [4.78, 5) is 43.2. The van der Waals surface area contributed by atoms with Crippen LogP contribution in [0.25, 0.3) is 11.0 Å². The number of likely N-dealkylation sites (tertiary alicyclic amines) is 1. The molecule has 11 nitrogen and oxygen atoms in total. The van der Waals surface area contributed by atoms with Gasteiger partial charge in [-0.2, -0.15) is 0 Å². The fraction of sp³-hybridized carbons (Fsp3) is 0.667. The summed E-state index contributed by atoms with van der Waals surface area (Å²) in [5.74, 6) is -2.63. The summed E-state index contributed by atoms with van der Waals surface area (Å²) in [5, 5.41) is 24.5. The summed E-state index contributed by atoms with van der Waals surface area (Å²) in [6, 6.07) is 5.85. The molecule has 1 aromatic heterocycles. The quantitative estimate of drug-likeness (QED) is 0.444. The zero-order chi connectivity index (χ0) is 27.4. The van der Waals surface area contributed by atoms with Gasteiger partial charge in [-0.05, 0) is 43.7 Å². The van der Waals surface area contributed by atoms with Gasteiger partial charge < -0.3 is 25.4 Å². The van der Waals surface area contributed by atoms with Crippen molar-refractivity contribution in [3.05, 3.63) is 24.3 Å². The molecule has 3 N–H and O–H groups in total. The summed E-state index contributed by atoms with van der Waals surface area (Å²) in [6.45, 7) is 9.94. The highest BCUT2D eigenvalue weighted by Crippen LogP contribution is 2.65. The first kappa shape index (κ1) is 26.6. The number of benzene rings is 1. The number of ether oxygens (including phenoxy) is 1. The molecule has 3 fully saturated rings. The Balaban J connectivity index is 1.52. The molecule has 0 saturated carbocycles. The average molecular weight is 527 g/mol. The van der Waals surface area contributed by atoms with E-state index in [1.165, 1.54) is 4.90 Å². The molecule has 206 valence electrons. The van der Waals surface area contributed by atoms with Crippen LogP contribution in [-0.4, -0.2) is 79.2 Å². The monoisotopic (exact) mass is 526 g/mol. The lowest BCUT2D eigenvalue weighted by atomic mass is 9.62. The molecule has 2 aromatic rings. The number of nitrogens with zero attached hydrogens (tertiary/aromatic N) is 4. The van der Waals surface area contributed by atoms with E-state index >= 15 is 0 Å². The summed E-state index contributed by atoms with van der Waals surface area (Å²) >= 11 is 0. The Kier molecular flexibility index (Phi) is 6.71. The van der Waals surface area contributed by atoms with Crippen molar-refractivity contribution >= 4 is 28.8 Å². The van der Waals surface area contributed by atoms with E-state index < -0.39 is 41.0 Å². The molecule has 3 amide bonds. The van der Waals surface area contributed by atoms with Gasteiger partial charge >= 0.3 is 0 Å². The van der Waals surface area contributed by atoms with Gasteiger partial charge in [0.05, 0.1) is 35.6 Å². The number of aliphatic hydroxyl groups excluding tert-OH is 1. The van der Waals surface area contributed by atoms with Crippen LogP contribution in [0, 0.1) is 23.7 Å². The summed E-state index contributed by atoms with van der Waals surface area (Å²) in [7, 11) is 0. The van der Waals surface area contributed by atoms with Gasteiger partial charge in [0, 0.05) is 6.54 Å². The van der Waals surface area contributed by atoms with Crippen LogP contribution < -0.4 is 10.6 Å². The normalized spacial score (nSPS) is 32.7. The zero-order valence-corrected chi connectivity index (χ0v) is 22.7. The second-order valence-corrected chi connectivity index (χ2v) is 11.5. The first-order valence-electron chi connectivity index (χ1n) is 13.6. The van der Waals surface area contributed by atoms with E-state index in [1.807, 2.05) is 58.9 Å². The Morgan fingerprint density at radius 3 is 2.66 bits per heavy atom. The molecule has 3 aliphatic rings. The number of fused-ring (bicyclic) bond motifs is 2. The third-order valence-electron chi connectivity index (χ3n) is 8.97. The Labute approximate surface area is 222 Å². The second-order valence-electron chi connectivity index (χ2n) is 11.5. The van der Waals surface area contributed by atoms with Crippen molar-refractivity contribution in [2.24, 2.45) is 23.7 Å². The Bertz CT molecular complexity index is 1250. The molecule has 3 unspecified atom stereocenters. The van der Waals surface area contributed by atoms with Crippen molar-refractivity contribution < 1.29 is 24.2 Å². The fourth-order valence-corrected chi connectivity index (χ4v) is 7.00. The van der Waals surface area contributed by atoms with E-state index in [9.17, 15) is 19.5 Å². The van der Waals surface area contributed by atoms with Crippen LogP contribution in [0.1, 0.15) is 47.5 Å². The van der Waals surface area contributed by atoms with Crippen molar-refractivity contribution in [3.63, 3.8) is 0 Å². The number of rotatable bonds is 9. The van der Waals surface area contributed by atoms with Crippen LogP contribution in [0.5, 0.6) is 0 Å². The summed E-state index contributed by atoms with van der Waals surface area (Å²) in [5.41, 5.74) is -0.572. The zero-order valence-electron chi connectivity index (χ0n) is 22.7. The summed E-state index contributed by atoms with van der Waals surface area (Å²) in [6.07, 6.45) is 1.23. The maximum absolute atomic E-state index is 14.2. The van der Waals surface area contributed by atoms with Gasteiger partial charge in [-0.15, -0.1) is 5.10 Å². The Morgan fingerprint density at radius 1 is 1.24 bits per heavy atom. The molecule has 3 aliphatic heterocycles. The molecular formula is C27H38N6O5.